The van der Waals surface area contributed by atoms with Crippen LogP contribution in [0.25, 0.3) is 0 Å². The Morgan fingerprint density at radius 3 is 2.10 bits per heavy atom. The number of nitrogens with zero attached hydrogens (tertiary/aromatic N) is 1. The highest BCUT2D eigenvalue weighted by atomic mass is 32.2. The highest BCUT2D eigenvalue weighted by Gasteiger charge is 2.28. The van der Waals surface area contributed by atoms with E-state index < -0.39 is 10.0 Å². The molecule has 20 heavy (non-hydrogen) atoms. The minimum atomic E-state index is -3.35. The SMILES string of the molecule is CNC1(C)CCN(c2ccc(S(=O)(=O)NC)cc2)CC1. The van der Waals surface area contributed by atoms with Gasteiger partial charge in [0.05, 0.1) is 4.90 Å². The molecule has 112 valence electrons. The topological polar surface area (TPSA) is 61.4 Å². The molecule has 0 atom stereocenters. The maximum Gasteiger partial charge on any atom is 0.240 e. The predicted molar refractivity (Wildman–Crippen MR) is 81.6 cm³/mol. The number of benzene rings is 1. The molecule has 0 amide bonds. The molecule has 1 aliphatic heterocycles. The Labute approximate surface area is 121 Å². The lowest BCUT2D eigenvalue weighted by molar-refractivity contribution is 0.305. The fourth-order valence-electron chi connectivity index (χ4n) is 2.46. The third kappa shape index (κ3) is 3.13. The van der Waals surface area contributed by atoms with Crippen LogP contribution in [-0.2, 0) is 10.0 Å². The fraction of sp³-hybridized carbons (Fsp3) is 0.571. The van der Waals surface area contributed by atoms with E-state index in [1.165, 1.54) is 7.05 Å². The highest BCUT2D eigenvalue weighted by molar-refractivity contribution is 7.89. The molecule has 0 aromatic heterocycles. The van der Waals surface area contributed by atoms with Crippen molar-refractivity contribution in [1.82, 2.24) is 10.0 Å². The molecule has 0 aliphatic carbocycles. The molecule has 0 saturated carbocycles. The van der Waals surface area contributed by atoms with E-state index in [2.05, 4.69) is 21.9 Å². The first-order chi connectivity index (χ1) is 9.40. The van der Waals surface area contributed by atoms with Gasteiger partial charge in [-0.1, -0.05) is 0 Å². The maximum atomic E-state index is 11.7. The number of piperidine rings is 1. The monoisotopic (exact) mass is 297 g/mol. The van der Waals surface area contributed by atoms with Crippen LogP contribution in [0.15, 0.2) is 29.2 Å². The summed E-state index contributed by atoms with van der Waals surface area (Å²) in [7, 11) is 0.0834. The van der Waals surface area contributed by atoms with Gasteiger partial charge in [-0.2, -0.15) is 0 Å². The van der Waals surface area contributed by atoms with Gasteiger partial charge in [0.2, 0.25) is 10.0 Å². The van der Waals surface area contributed by atoms with Crippen molar-refractivity contribution < 1.29 is 8.42 Å². The van der Waals surface area contributed by atoms with E-state index >= 15 is 0 Å². The molecule has 1 aromatic rings. The zero-order valence-electron chi connectivity index (χ0n) is 12.3. The summed E-state index contributed by atoms with van der Waals surface area (Å²) in [4.78, 5) is 2.61. The number of anilines is 1. The molecule has 0 unspecified atom stereocenters. The van der Waals surface area contributed by atoms with Crippen LogP contribution >= 0.6 is 0 Å². The lowest BCUT2D eigenvalue weighted by Gasteiger charge is -2.40. The van der Waals surface area contributed by atoms with Gasteiger partial charge in [0.1, 0.15) is 0 Å². The number of nitrogens with one attached hydrogen (secondary N) is 2. The van der Waals surface area contributed by atoms with Gasteiger partial charge in [-0.25, -0.2) is 13.1 Å². The molecule has 2 N–H and O–H groups in total. The average Bonchev–Trinajstić information content (AvgIpc) is 2.48. The molecule has 1 fully saturated rings. The molecular weight excluding hydrogens is 274 g/mol. The standard InChI is InChI=1S/C14H23N3O2S/c1-14(15-2)8-10-17(11-9-14)12-4-6-13(7-5-12)20(18,19)16-3/h4-7,15-16H,8-11H2,1-3H3. The molecule has 1 aliphatic rings. The number of rotatable bonds is 4. The van der Waals surface area contributed by atoms with Crippen molar-refractivity contribution in [1.29, 1.82) is 0 Å². The normalized spacial score (nSPS) is 19.1. The van der Waals surface area contributed by atoms with Crippen molar-refractivity contribution in [2.45, 2.75) is 30.2 Å². The zero-order valence-corrected chi connectivity index (χ0v) is 13.1. The quantitative estimate of drug-likeness (QED) is 0.876. The molecular formula is C14H23N3O2S. The average molecular weight is 297 g/mol. The summed E-state index contributed by atoms with van der Waals surface area (Å²) in [6, 6.07) is 7.08. The van der Waals surface area contributed by atoms with E-state index in [-0.39, 0.29) is 5.54 Å². The zero-order chi connectivity index (χ0) is 14.8. The van der Waals surface area contributed by atoms with E-state index in [4.69, 9.17) is 0 Å². The van der Waals surface area contributed by atoms with Crippen LogP contribution in [0.3, 0.4) is 0 Å². The molecule has 1 aromatic carbocycles. The van der Waals surface area contributed by atoms with Crippen LogP contribution in [0.5, 0.6) is 0 Å². The number of sulfonamides is 1. The van der Waals surface area contributed by atoms with Gasteiger partial charge in [0, 0.05) is 24.3 Å². The Bertz CT molecular complexity index is 546. The molecule has 1 saturated heterocycles. The Morgan fingerprint density at radius 2 is 1.65 bits per heavy atom. The Hall–Kier alpha value is -1.11. The second kappa shape index (κ2) is 5.71. The van der Waals surface area contributed by atoms with E-state index in [1.807, 2.05) is 19.2 Å². The van der Waals surface area contributed by atoms with E-state index in [9.17, 15) is 8.42 Å². The molecule has 6 heteroatoms. The first kappa shape index (κ1) is 15.3. The van der Waals surface area contributed by atoms with E-state index in [0.717, 1.165) is 31.6 Å². The third-order valence-electron chi connectivity index (χ3n) is 4.25. The Balaban J connectivity index is 2.09. The summed E-state index contributed by atoms with van der Waals surface area (Å²) in [5.41, 5.74) is 1.30. The lowest BCUT2D eigenvalue weighted by atomic mass is 9.90. The van der Waals surface area contributed by atoms with Crippen molar-refractivity contribution in [3.8, 4) is 0 Å². The summed E-state index contributed by atoms with van der Waals surface area (Å²) in [6.45, 7) is 4.21. The van der Waals surface area contributed by atoms with Gasteiger partial charge >= 0.3 is 0 Å². The van der Waals surface area contributed by atoms with Crippen molar-refractivity contribution in [2.24, 2.45) is 0 Å². The maximum absolute atomic E-state index is 11.7. The van der Waals surface area contributed by atoms with Gasteiger partial charge in [-0.3, -0.25) is 0 Å². The minimum Gasteiger partial charge on any atom is -0.371 e. The minimum absolute atomic E-state index is 0.214. The van der Waals surface area contributed by atoms with Crippen molar-refractivity contribution in [3.05, 3.63) is 24.3 Å². The third-order valence-corrected chi connectivity index (χ3v) is 5.68. The number of hydrogen-bond donors (Lipinski definition) is 2. The smallest absolute Gasteiger partial charge is 0.240 e. The summed E-state index contributed by atoms with van der Waals surface area (Å²) in [5.74, 6) is 0. The molecule has 0 spiro atoms. The molecule has 5 nitrogen and oxygen atoms in total. The first-order valence-electron chi connectivity index (χ1n) is 6.88. The van der Waals surface area contributed by atoms with Gasteiger partial charge < -0.3 is 10.2 Å². The summed E-state index contributed by atoms with van der Waals surface area (Å²) in [5, 5.41) is 3.37. The van der Waals surface area contributed by atoms with Gasteiger partial charge in [-0.15, -0.1) is 0 Å². The van der Waals surface area contributed by atoms with Crippen LogP contribution in [-0.4, -0.2) is 41.1 Å². The Kier molecular flexibility index (Phi) is 4.36. The number of hydrogen-bond acceptors (Lipinski definition) is 4. The van der Waals surface area contributed by atoms with Crippen LogP contribution in [0, 0.1) is 0 Å². The largest absolute Gasteiger partial charge is 0.371 e. The van der Waals surface area contributed by atoms with Crippen molar-refractivity contribution >= 4 is 15.7 Å². The predicted octanol–water partition coefficient (Wildman–Crippen LogP) is 1.17. The lowest BCUT2D eigenvalue weighted by Crippen LogP contribution is -2.50. The second-order valence-corrected chi connectivity index (χ2v) is 7.39. The van der Waals surface area contributed by atoms with Crippen LogP contribution in [0.2, 0.25) is 0 Å². The second-order valence-electron chi connectivity index (χ2n) is 5.50. The van der Waals surface area contributed by atoms with E-state index in [0.29, 0.717) is 4.90 Å². The van der Waals surface area contributed by atoms with Crippen LogP contribution < -0.4 is 14.9 Å². The van der Waals surface area contributed by atoms with Crippen molar-refractivity contribution in [3.63, 3.8) is 0 Å². The highest BCUT2D eigenvalue weighted by Crippen LogP contribution is 2.26. The fourth-order valence-corrected chi connectivity index (χ4v) is 3.19. The Morgan fingerprint density at radius 1 is 1.10 bits per heavy atom. The van der Waals surface area contributed by atoms with Gasteiger partial charge in [0.15, 0.2) is 0 Å². The van der Waals surface area contributed by atoms with Crippen LogP contribution in [0.1, 0.15) is 19.8 Å². The molecule has 0 bridgehead atoms. The van der Waals surface area contributed by atoms with Crippen molar-refractivity contribution in [2.75, 3.05) is 32.1 Å². The van der Waals surface area contributed by atoms with Crippen LogP contribution in [0.4, 0.5) is 5.69 Å². The van der Waals surface area contributed by atoms with E-state index in [1.54, 1.807) is 12.1 Å². The molecule has 0 radical (unpaired) electrons. The molecule has 2 rings (SSSR count). The molecule has 1 heterocycles. The van der Waals surface area contributed by atoms with Gasteiger partial charge in [-0.05, 0) is 58.1 Å². The van der Waals surface area contributed by atoms with Gasteiger partial charge in [0.25, 0.3) is 0 Å². The first-order valence-corrected chi connectivity index (χ1v) is 8.36. The summed E-state index contributed by atoms with van der Waals surface area (Å²) >= 11 is 0. The summed E-state index contributed by atoms with van der Waals surface area (Å²) in [6.07, 6.45) is 2.17. The summed E-state index contributed by atoms with van der Waals surface area (Å²) < 4.78 is 25.7.